The summed E-state index contributed by atoms with van der Waals surface area (Å²) >= 11 is 0. The molecule has 0 unspecified atom stereocenters. The van der Waals surface area contributed by atoms with Crippen molar-refractivity contribution in [1.82, 2.24) is 10.0 Å². The fourth-order valence-electron chi connectivity index (χ4n) is 4.07. The molecule has 24 heavy (non-hydrogen) atoms. The molecule has 0 N–H and O–H groups in total. The summed E-state index contributed by atoms with van der Waals surface area (Å²) in [7, 11) is 0. The first-order valence-corrected chi connectivity index (χ1v) is 7.89. The van der Waals surface area contributed by atoms with Crippen LogP contribution in [0, 0.1) is 5.41 Å². The molecule has 3 aliphatic rings. The highest BCUT2D eigenvalue weighted by molar-refractivity contribution is 5.96. The molecule has 4 nitrogen and oxygen atoms in total. The zero-order valence-corrected chi connectivity index (χ0v) is 13.6. The number of urea groups is 1. The van der Waals surface area contributed by atoms with E-state index in [0.29, 0.717) is 11.4 Å². The first-order valence-electron chi connectivity index (χ1n) is 7.89. The number of anilines is 1. The van der Waals surface area contributed by atoms with E-state index >= 15 is 0 Å². The molecule has 1 aromatic carbocycles. The van der Waals surface area contributed by atoms with Crippen molar-refractivity contribution in [3.05, 3.63) is 41.6 Å². The van der Waals surface area contributed by atoms with Gasteiger partial charge in [-0.2, -0.15) is 13.2 Å². The Labute approximate surface area is 138 Å². The van der Waals surface area contributed by atoms with Gasteiger partial charge in [-0.1, -0.05) is 32.0 Å². The Balaban J connectivity index is 1.88. The first kappa shape index (κ1) is 15.4. The molecule has 2 atom stereocenters. The van der Waals surface area contributed by atoms with Gasteiger partial charge < -0.3 is 0 Å². The van der Waals surface area contributed by atoms with Crippen LogP contribution in [0.15, 0.2) is 41.6 Å². The number of carbonyl (C=O) groups is 1. The standard InChI is InChI=1S/C17H18F3N3O/c1-10-12-9-13(17(18,19)20)23-15(24)21(11-7-5-4-6-8-11)14(22(12)23)16(10,2)3/h4-8,13-14H,9H2,1-3H3/t13-,14-/m0/s1. The van der Waals surface area contributed by atoms with Crippen LogP contribution in [-0.2, 0) is 0 Å². The Morgan fingerprint density at radius 1 is 1.12 bits per heavy atom. The fourth-order valence-corrected chi connectivity index (χ4v) is 4.07. The molecule has 0 aromatic heterocycles. The Bertz CT molecular complexity index is 741. The molecule has 1 aromatic rings. The van der Waals surface area contributed by atoms with Crippen LogP contribution >= 0.6 is 0 Å². The van der Waals surface area contributed by atoms with E-state index in [0.717, 1.165) is 10.6 Å². The van der Waals surface area contributed by atoms with Gasteiger partial charge in [-0.3, -0.25) is 9.91 Å². The normalized spacial score (nSPS) is 28.2. The molecule has 0 bridgehead atoms. The van der Waals surface area contributed by atoms with E-state index in [9.17, 15) is 18.0 Å². The van der Waals surface area contributed by atoms with Gasteiger partial charge in [0, 0.05) is 23.2 Å². The summed E-state index contributed by atoms with van der Waals surface area (Å²) in [5.41, 5.74) is 1.73. The fraction of sp³-hybridized carbons (Fsp3) is 0.471. The molecule has 0 spiro atoms. The lowest BCUT2D eigenvalue weighted by atomic mass is 9.83. The minimum Gasteiger partial charge on any atom is -0.269 e. The maximum absolute atomic E-state index is 13.5. The van der Waals surface area contributed by atoms with E-state index in [1.165, 1.54) is 4.90 Å². The molecule has 3 heterocycles. The monoisotopic (exact) mass is 337 g/mol. The predicted molar refractivity (Wildman–Crippen MR) is 82.7 cm³/mol. The van der Waals surface area contributed by atoms with Gasteiger partial charge in [0.25, 0.3) is 0 Å². The van der Waals surface area contributed by atoms with Crippen LogP contribution in [0.1, 0.15) is 27.2 Å². The number of para-hydroxylation sites is 1. The average Bonchev–Trinajstić information content (AvgIpc) is 3.09. The Morgan fingerprint density at radius 2 is 1.75 bits per heavy atom. The van der Waals surface area contributed by atoms with Crippen molar-refractivity contribution in [3.8, 4) is 0 Å². The second-order valence-corrected chi connectivity index (χ2v) is 7.11. The molecular weight excluding hydrogens is 319 g/mol. The lowest BCUT2D eigenvalue weighted by molar-refractivity contribution is -0.184. The summed E-state index contributed by atoms with van der Waals surface area (Å²) in [5, 5.41) is 2.48. The van der Waals surface area contributed by atoms with Crippen molar-refractivity contribution in [1.29, 1.82) is 0 Å². The SMILES string of the molecule is CC1=C2C[C@@H](C(F)(F)F)N3C(=O)N(c4ccccc4)[C@@H](N23)C1(C)C. The van der Waals surface area contributed by atoms with Gasteiger partial charge in [0.05, 0.1) is 0 Å². The minimum atomic E-state index is -4.45. The highest BCUT2D eigenvalue weighted by Gasteiger charge is 2.66. The van der Waals surface area contributed by atoms with Crippen LogP contribution in [0.25, 0.3) is 0 Å². The minimum absolute atomic E-state index is 0.163. The number of rotatable bonds is 1. The number of alkyl halides is 3. The van der Waals surface area contributed by atoms with Gasteiger partial charge in [0.1, 0.15) is 6.17 Å². The zero-order chi connectivity index (χ0) is 17.4. The maximum atomic E-state index is 13.5. The average molecular weight is 337 g/mol. The molecule has 2 amide bonds. The van der Waals surface area contributed by atoms with Gasteiger partial charge in [-0.25, -0.2) is 9.80 Å². The molecule has 0 aliphatic carbocycles. The molecule has 0 radical (unpaired) electrons. The lowest BCUT2D eigenvalue weighted by Gasteiger charge is -2.35. The smallest absolute Gasteiger partial charge is 0.269 e. The molecule has 2 saturated heterocycles. The maximum Gasteiger partial charge on any atom is 0.411 e. The second-order valence-electron chi connectivity index (χ2n) is 7.11. The van der Waals surface area contributed by atoms with Crippen LogP contribution < -0.4 is 4.90 Å². The predicted octanol–water partition coefficient (Wildman–Crippen LogP) is 4.12. The van der Waals surface area contributed by atoms with Gasteiger partial charge >= 0.3 is 12.2 Å². The Kier molecular flexibility index (Phi) is 2.85. The Hall–Kier alpha value is -2.18. The summed E-state index contributed by atoms with van der Waals surface area (Å²) in [4.78, 5) is 14.4. The third kappa shape index (κ3) is 1.72. The zero-order valence-electron chi connectivity index (χ0n) is 13.6. The largest absolute Gasteiger partial charge is 0.411 e. The lowest BCUT2D eigenvalue weighted by Crippen LogP contribution is -2.47. The summed E-state index contributed by atoms with van der Waals surface area (Å²) < 4.78 is 40.5. The summed E-state index contributed by atoms with van der Waals surface area (Å²) in [6.07, 6.45) is -5.08. The third-order valence-corrected chi connectivity index (χ3v) is 5.53. The van der Waals surface area contributed by atoms with Crippen molar-refractivity contribution in [2.75, 3.05) is 4.90 Å². The topological polar surface area (TPSA) is 26.8 Å². The number of nitrogens with zero attached hydrogens (tertiary/aromatic N) is 3. The van der Waals surface area contributed by atoms with E-state index in [4.69, 9.17) is 0 Å². The van der Waals surface area contributed by atoms with Gasteiger partial charge in [-0.15, -0.1) is 0 Å². The van der Waals surface area contributed by atoms with Crippen molar-refractivity contribution < 1.29 is 18.0 Å². The van der Waals surface area contributed by atoms with Crippen LogP contribution in [0.3, 0.4) is 0 Å². The highest BCUT2D eigenvalue weighted by Crippen LogP contribution is 2.56. The second kappa shape index (κ2) is 4.46. The van der Waals surface area contributed by atoms with Crippen molar-refractivity contribution in [3.63, 3.8) is 0 Å². The summed E-state index contributed by atoms with van der Waals surface area (Å²) in [5.74, 6) is 0. The Morgan fingerprint density at radius 3 is 2.33 bits per heavy atom. The van der Waals surface area contributed by atoms with E-state index in [-0.39, 0.29) is 6.42 Å². The molecule has 0 saturated carbocycles. The van der Waals surface area contributed by atoms with E-state index in [1.807, 2.05) is 26.8 Å². The van der Waals surface area contributed by atoms with Crippen LogP contribution in [0.2, 0.25) is 0 Å². The molecule has 2 fully saturated rings. The van der Waals surface area contributed by atoms with Crippen molar-refractivity contribution in [2.45, 2.75) is 45.6 Å². The van der Waals surface area contributed by atoms with E-state index in [1.54, 1.807) is 29.3 Å². The first-order chi connectivity index (χ1) is 11.2. The number of benzene rings is 1. The molecule has 3 aliphatic heterocycles. The molecular formula is C17H18F3N3O. The number of halogens is 3. The number of amides is 2. The number of hydrazine groups is 1. The number of hydrogen-bond donors (Lipinski definition) is 0. The molecule has 4 rings (SSSR count). The quantitative estimate of drug-likeness (QED) is 0.771. The van der Waals surface area contributed by atoms with Crippen LogP contribution in [0.5, 0.6) is 0 Å². The van der Waals surface area contributed by atoms with E-state index in [2.05, 4.69) is 0 Å². The number of hydrogen-bond acceptors (Lipinski definition) is 2. The number of carbonyl (C=O) groups excluding carboxylic acids is 1. The van der Waals surface area contributed by atoms with Gasteiger partial charge in [0.15, 0.2) is 6.04 Å². The third-order valence-electron chi connectivity index (χ3n) is 5.53. The van der Waals surface area contributed by atoms with Gasteiger partial charge in [-0.05, 0) is 24.6 Å². The summed E-state index contributed by atoms with van der Waals surface area (Å²) in [6, 6.07) is 6.50. The van der Waals surface area contributed by atoms with Crippen LogP contribution in [-0.4, -0.2) is 34.4 Å². The van der Waals surface area contributed by atoms with Gasteiger partial charge in [0.2, 0.25) is 0 Å². The summed E-state index contributed by atoms with van der Waals surface area (Å²) in [6.45, 7) is 5.83. The molecule has 7 heteroatoms. The molecule has 128 valence electrons. The van der Waals surface area contributed by atoms with E-state index < -0.39 is 29.8 Å². The highest BCUT2D eigenvalue weighted by atomic mass is 19.4. The van der Waals surface area contributed by atoms with Crippen molar-refractivity contribution >= 4 is 11.7 Å². The van der Waals surface area contributed by atoms with Crippen LogP contribution in [0.4, 0.5) is 23.7 Å². The van der Waals surface area contributed by atoms with Crippen molar-refractivity contribution in [2.24, 2.45) is 5.41 Å².